The van der Waals surface area contributed by atoms with E-state index >= 15 is 0 Å². The van der Waals surface area contributed by atoms with Crippen molar-refractivity contribution in [2.45, 2.75) is 26.9 Å². The number of rotatable bonds is 6. The molecule has 0 aliphatic carbocycles. The third kappa shape index (κ3) is 5.23. The standard InChI is InChI=1S/C27H27N3O2S/c1-18-13-19(2)25-21(14-18)15-22(26(31)29-25)17-30(16-20-9-5-4-6-10-20)27(33)28-23-11-7-8-12-24(23)32-3/h4-15H,16-17H2,1-3H3,(H,28,33)(H,29,31). The third-order valence-electron chi connectivity index (χ3n) is 5.58. The van der Waals surface area contributed by atoms with E-state index in [9.17, 15) is 4.79 Å². The van der Waals surface area contributed by atoms with E-state index in [0.717, 1.165) is 33.3 Å². The molecule has 1 aromatic heterocycles. The maximum Gasteiger partial charge on any atom is 0.253 e. The Labute approximate surface area is 199 Å². The molecule has 4 rings (SSSR count). The number of pyridine rings is 1. The number of anilines is 1. The molecular formula is C27H27N3O2S. The largest absolute Gasteiger partial charge is 0.495 e. The van der Waals surface area contributed by atoms with Gasteiger partial charge in [-0.1, -0.05) is 54.1 Å². The van der Waals surface area contributed by atoms with Crippen molar-refractivity contribution in [2.24, 2.45) is 0 Å². The summed E-state index contributed by atoms with van der Waals surface area (Å²) in [7, 11) is 1.63. The molecule has 33 heavy (non-hydrogen) atoms. The maximum atomic E-state index is 13.0. The number of nitrogens with zero attached hydrogens (tertiary/aromatic N) is 1. The van der Waals surface area contributed by atoms with Crippen LogP contribution in [-0.4, -0.2) is 22.1 Å². The van der Waals surface area contributed by atoms with Gasteiger partial charge >= 0.3 is 0 Å². The summed E-state index contributed by atoms with van der Waals surface area (Å²) in [5, 5.41) is 4.83. The summed E-state index contributed by atoms with van der Waals surface area (Å²) >= 11 is 5.79. The van der Waals surface area contributed by atoms with Crippen LogP contribution in [0.25, 0.3) is 10.9 Å². The van der Waals surface area contributed by atoms with E-state index < -0.39 is 0 Å². The molecule has 0 atom stereocenters. The van der Waals surface area contributed by atoms with E-state index in [4.69, 9.17) is 17.0 Å². The van der Waals surface area contributed by atoms with Gasteiger partial charge in [-0.2, -0.15) is 0 Å². The van der Waals surface area contributed by atoms with Crippen LogP contribution in [0, 0.1) is 13.8 Å². The van der Waals surface area contributed by atoms with Crippen molar-refractivity contribution in [3.05, 3.63) is 105 Å². The fourth-order valence-electron chi connectivity index (χ4n) is 4.00. The van der Waals surface area contributed by atoms with Gasteiger partial charge in [0, 0.05) is 12.1 Å². The maximum absolute atomic E-state index is 13.0. The summed E-state index contributed by atoms with van der Waals surface area (Å²) < 4.78 is 5.46. The fourth-order valence-corrected chi connectivity index (χ4v) is 4.24. The van der Waals surface area contributed by atoms with Crippen LogP contribution in [0.15, 0.2) is 77.6 Å². The Balaban J connectivity index is 1.68. The number of H-pyrrole nitrogens is 1. The Morgan fingerprint density at radius 1 is 1.00 bits per heavy atom. The zero-order chi connectivity index (χ0) is 23.4. The second-order valence-corrected chi connectivity index (χ2v) is 8.53. The minimum absolute atomic E-state index is 0.104. The van der Waals surface area contributed by atoms with Crippen LogP contribution in [0.3, 0.4) is 0 Å². The molecule has 0 saturated heterocycles. The molecule has 5 nitrogen and oxygen atoms in total. The summed E-state index contributed by atoms with van der Waals surface area (Å²) in [6, 6.07) is 23.9. The molecule has 0 amide bonds. The Bertz CT molecular complexity index is 1350. The third-order valence-corrected chi connectivity index (χ3v) is 5.94. The molecule has 0 spiro atoms. The molecule has 0 fully saturated rings. The van der Waals surface area contributed by atoms with Crippen LogP contribution < -0.4 is 15.6 Å². The summed E-state index contributed by atoms with van der Waals surface area (Å²) in [4.78, 5) is 18.0. The number of aryl methyl sites for hydroxylation is 2. The normalized spacial score (nSPS) is 10.8. The lowest BCUT2D eigenvalue weighted by Gasteiger charge is -2.26. The summed E-state index contributed by atoms with van der Waals surface area (Å²) in [6.07, 6.45) is 0. The minimum atomic E-state index is -0.104. The molecule has 4 aromatic rings. The van der Waals surface area contributed by atoms with Crippen LogP contribution in [0.1, 0.15) is 22.3 Å². The topological polar surface area (TPSA) is 57.4 Å². The molecule has 6 heteroatoms. The number of hydrogen-bond donors (Lipinski definition) is 2. The molecule has 0 aliphatic rings. The summed E-state index contributed by atoms with van der Waals surface area (Å²) in [5.74, 6) is 0.703. The van der Waals surface area contributed by atoms with Gasteiger partial charge in [-0.15, -0.1) is 0 Å². The number of methoxy groups -OCH3 is 1. The number of aromatic amines is 1. The lowest BCUT2D eigenvalue weighted by molar-refractivity contribution is 0.408. The Hall–Kier alpha value is -3.64. The van der Waals surface area contributed by atoms with Crippen molar-refractivity contribution < 1.29 is 4.74 Å². The van der Waals surface area contributed by atoms with Crippen molar-refractivity contribution in [3.8, 4) is 5.75 Å². The van der Waals surface area contributed by atoms with Gasteiger partial charge in [-0.3, -0.25) is 4.79 Å². The number of hydrogen-bond acceptors (Lipinski definition) is 3. The molecule has 3 aromatic carbocycles. The monoisotopic (exact) mass is 457 g/mol. The van der Waals surface area contributed by atoms with E-state index in [1.807, 2.05) is 60.4 Å². The predicted molar refractivity (Wildman–Crippen MR) is 139 cm³/mol. The first kappa shape index (κ1) is 22.6. The molecule has 0 bridgehead atoms. The van der Waals surface area contributed by atoms with Crippen molar-refractivity contribution >= 4 is 33.9 Å². The second-order valence-electron chi connectivity index (χ2n) is 8.14. The van der Waals surface area contributed by atoms with Gasteiger partial charge in [-0.05, 0) is 66.8 Å². The highest BCUT2D eigenvalue weighted by Crippen LogP contribution is 2.24. The van der Waals surface area contributed by atoms with Gasteiger partial charge in [0.25, 0.3) is 5.56 Å². The Morgan fingerprint density at radius 2 is 1.73 bits per heavy atom. The Kier molecular flexibility index (Phi) is 6.75. The zero-order valence-electron chi connectivity index (χ0n) is 19.0. The van der Waals surface area contributed by atoms with Gasteiger partial charge in [-0.25, -0.2) is 0 Å². The van der Waals surface area contributed by atoms with E-state index in [0.29, 0.717) is 29.5 Å². The minimum Gasteiger partial charge on any atom is -0.495 e. The number of benzene rings is 3. The van der Waals surface area contributed by atoms with Gasteiger partial charge in [0.2, 0.25) is 0 Å². The van der Waals surface area contributed by atoms with E-state index in [2.05, 4.69) is 41.5 Å². The van der Waals surface area contributed by atoms with Gasteiger partial charge in [0.1, 0.15) is 5.75 Å². The quantitative estimate of drug-likeness (QED) is 0.372. The molecule has 168 valence electrons. The molecule has 0 saturated carbocycles. The highest BCUT2D eigenvalue weighted by atomic mass is 32.1. The number of thiocarbonyl (C=S) groups is 1. The van der Waals surface area contributed by atoms with Gasteiger partial charge < -0.3 is 19.9 Å². The lowest BCUT2D eigenvalue weighted by atomic mass is 10.1. The fraction of sp³-hybridized carbons (Fsp3) is 0.185. The lowest BCUT2D eigenvalue weighted by Crippen LogP contribution is -2.35. The van der Waals surface area contributed by atoms with E-state index in [1.54, 1.807) is 7.11 Å². The predicted octanol–water partition coefficient (Wildman–Crippen LogP) is 5.55. The zero-order valence-corrected chi connectivity index (χ0v) is 19.8. The first-order valence-electron chi connectivity index (χ1n) is 10.8. The summed E-state index contributed by atoms with van der Waals surface area (Å²) in [6.45, 7) is 5.00. The molecule has 0 radical (unpaired) electrons. The van der Waals surface area contributed by atoms with Gasteiger partial charge in [0.05, 0.1) is 24.9 Å². The molecule has 2 N–H and O–H groups in total. The molecular weight excluding hydrogens is 430 g/mol. The molecule has 1 heterocycles. The van der Waals surface area contributed by atoms with Crippen molar-refractivity contribution in [1.82, 2.24) is 9.88 Å². The highest BCUT2D eigenvalue weighted by Gasteiger charge is 2.16. The van der Waals surface area contributed by atoms with Crippen molar-refractivity contribution in [3.63, 3.8) is 0 Å². The number of fused-ring (bicyclic) bond motifs is 1. The van der Waals surface area contributed by atoms with Gasteiger partial charge in [0.15, 0.2) is 5.11 Å². The van der Waals surface area contributed by atoms with Crippen LogP contribution in [0.5, 0.6) is 5.75 Å². The van der Waals surface area contributed by atoms with E-state index in [1.165, 1.54) is 0 Å². The molecule has 0 aliphatic heterocycles. The SMILES string of the molecule is COc1ccccc1NC(=S)N(Cc1ccccc1)Cc1cc2cc(C)cc(C)c2[nH]c1=O. The first-order chi connectivity index (χ1) is 15.9. The van der Waals surface area contributed by atoms with Crippen LogP contribution in [0.4, 0.5) is 5.69 Å². The van der Waals surface area contributed by atoms with Crippen molar-refractivity contribution in [2.75, 3.05) is 12.4 Å². The average molecular weight is 458 g/mol. The van der Waals surface area contributed by atoms with Crippen LogP contribution >= 0.6 is 12.2 Å². The average Bonchev–Trinajstić information content (AvgIpc) is 2.80. The summed E-state index contributed by atoms with van der Waals surface area (Å²) in [5.41, 5.74) is 5.53. The molecule has 0 unspecified atom stereocenters. The van der Waals surface area contributed by atoms with Crippen LogP contribution in [-0.2, 0) is 13.1 Å². The number of ether oxygens (including phenoxy) is 1. The number of nitrogens with one attached hydrogen (secondary N) is 2. The van der Waals surface area contributed by atoms with Crippen molar-refractivity contribution in [1.29, 1.82) is 0 Å². The Morgan fingerprint density at radius 3 is 2.48 bits per heavy atom. The van der Waals surface area contributed by atoms with Crippen LogP contribution in [0.2, 0.25) is 0 Å². The van der Waals surface area contributed by atoms with E-state index in [-0.39, 0.29) is 5.56 Å². The second kappa shape index (κ2) is 9.88. The highest BCUT2D eigenvalue weighted by molar-refractivity contribution is 7.80. The number of aromatic nitrogens is 1. The number of para-hydroxylation sites is 2. The first-order valence-corrected chi connectivity index (χ1v) is 11.2. The smallest absolute Gasteiger partial charge is 0.253 e.